The van der Waals surface area contributed by atoms with Gasteiger partial charge < -0.3 is 4.90 Å². The van der Waals surface area contributed by atoms with Gasteiger partial charge in [-0.2, -0.15) is 0 Å². The molecule has 0 atom stereocenters. The number of nitrogens with one attached hydrogen (secondary N) is 1. The number of nitrogens with zero attached hydrogens (tertiary/aromatic N) is 2. The van der Waals surface area contributed by atoms with Crippen molar-refractivity contribution in [2.45, 2.75) is 12.2 Å². The first-order valence-corrected chi connectivity index (χ1v) is 10.7. The van der Waals surface area contributed by atoms with Crippen molar-refractivity contribution < 1.29 is 17.6 Å². The lowest BCUT2D eigenvalue weighted by Gasteiger charge is -2.18. The highest BCUT2D eigenvalue weighted by atomic mass is 32.2. The second-order valence-electron chi connectivity index (χ2n) is 6.78. The van der Waals surface area contributed by atoms with Crippen molar-refractivity contribution >= 4 is 27.3 Å². The van der Waals surface area contributed by atoms with E-state index in [-0.39, 0.29) is 11.7 Å². The van der Waals surface area contributed by atoms with Crippen LogP contribution in [-0.4, -0.2) is 25.9 Å². The van der Waals surface area contributed by atoms with Crippen LogP contribution in [0.15, 0.2) is 67.0 Å². The number of anilines is 2. The summed E-state index contributed by atoms with van der Waals surface area (Å²) in [7, 11) is -3.69. The molecular formula is C21H18FN3O3S. The number of fused-ring (bicyclic) bond motifs is 1. The lowest BCUT2D eigenvalue weighted by molar-refractivity contribution is 0.0989. The summed E-state index contributed by atoms with van der Waals surface area (Å²) in [6.45, 7) is 0.523. The van der Waals surface area contributed by atoms with Gasteiger partial charge >= 0.3 is 0 Å². The molecule has 0 aliphatic carbocycles. The number of halogens is 1. The van der Waals surface area contributed by atoms with Crippen molar-refractivity contribution in [2.75, 3.05) is 16.2 Å². The van der Waals surface area contributed by atoms with E-state index < -0.39 is 15.8 Å². The molecule has 8 heteroatoms. The topological polar surface area (TPSA) is 79.4 Å². The number of amides is 1. The molecule has 1 aliphatic heterocycles. The molecule has 6 nitrogen and oxygen atoms in total. The summed E-state index contributed by atoms with van der Waals surface area (Å²) in [6, 6.07) is 13.9. The van der Waals surface area contributed by atoms with Crippen molar-refractivity contribution in [3.8, 4) is 0 Å². The van der Waals surface area contributed by atoms with E-state index in [4.69, 9.17) is 0 Å². The van der Waals surface area contributed by atoms with Gasteiger partial charge in [0.25, 0.3) is 5.91 Å². The number of hydrogen-bond acceptors (Lipinski definition) is 4. The molecule has 2 heterocycles. The number of rotatable bonds is 5. The lowest BCUT2D eigenvalue weighted by atomic mass is 10.1. The average Bonchev–Trinajstić information content (AvgIpc) is 3.12. The number of aromatic nitrogens is 1. The first kappa shape index (κ1) is 19.1. The summed E-state index contributed by atoms with van der Waals surface area (Å²) in [6.07, 6.45) is 3.81. The standard InChI is InChI=1S/C21H18FN3O3S/c22-18-6-3-15(4-7-18)14-29(27,28)24-19-8-5-16-9-11-25(20(16)12-19)21(26)17-2-1-10-23-13-17/h1-8,10,12-13,24H,9,11,14H2. The smallest absolute Gasteiger partial charge is 0.259 e. The minimum absolute atomic E-state index is 0.178. The molecule has 0 saturated heterocycles. The summed E-state index contributed by atoms with van der Waals surface area (Å²) >= 11 is 0. The quantitative estimate of drug-likeness (QED) is 0.698. The third-order valence-electron chi connectivity index (χ3n) is 4.68. The van der Waals surface area contributed by atoms with E-state index in [0.29, 0.717) is 35.5 Å². The monoisotopic (exact) mass is 411 g/mol. The normalized spacial score (nSPS) is 13.2. The van der Waals surface area contributed by atoms with Gasteiger partial charge in [0.2, 0.25) is 10.0 Å². The van der Waals surface area contributed by atoms with Crippen molar-refractivity contribution in [3.63, 3.8) is 0 Å². The molecule has 4 rings (SSSR count). The van der Waals surface area contributed by atoms with E-state index >= 15 is 0 Å². The van der Waals surface area contributed by atoms with Crippen LogP contribution in [0.2, 0.25) is 0 Å². The molecule has 0 fully saturated rings. The number of benzene rings is 2. The Morgan fingerprint density at radius 2 is 1.93 bits per heavy atom. The predicted molar refractivity (Wildman–Crippen MR) is 109 cm³/mol. The molecule has 148 valence electrons. The number of sulfonamides is 1. The van der Waals surface area contributed by atoms with Gasteiger partial charge in [0, 0.05) is 24.6 Å². The highest BCUT2D eigenvalue weighted by Crippen LogP contribution is 2.32. The Morgan fingerprint density at radius 1 is 1.14 bits per heavy atom. The number of hydrogen-bond donors (Lipinski definition) is 1. The minimum atomic E-state index is -3.69. The van der Waals surface area contributed by atoms with E-state index in [9.17, 15) is 17.6 Å². The van der Waals surface area contributed by atoms with Crippen LogP contribution in [0.5, 0.6) is 0 Å². The zero-order valence-electron chi connectivity index (χ0n) is 15.4. The molecule has 2 aromatic carbocycles. The van der Waals surface area contributed by atoms with Crippen molar-refractivity contribution in [1.29, 1.82) is 0 Å². The second kappa shape index (κ2) is 7.63. The van der Waals surface area contributed by atoms with Crippen molar-refractivity contribution in [1.82, 2.24) is 4.98 Å². The van der Waals surface area contributed by atoms with Crippen LogP contribution >= 0.6 is 0 Å². The molecule has 0 bridgehead atoms. The molecule has 29 heavy (non-hydrogen) atoms. The van der Waals surface area contributed by atoms with E-state index in [1.165, 1.54) is 30.5 Å². The van der Waals surface area contributed by atoms with Crippen molar-refractivity contribution in [2.24, 2.45) is 0 Å². The van der Waals surface area contributed by atoms with Crippen LogP contribution in [0.1, 0.15) is 21.5 Å². The van der Waals surface area contributed by atoms with Gasteiger partial charge in [0.05, 0.1) is 17.0 Å². The number of pyridine rings is 1. The molecule has 1 aliphatic rings. The Balaban J connectivity index is 1.55. The molecule has 1 amide bonds. The Kier molecular flexibility index (Phi) is 5.02. The second-order valence-corrected chi connectivity index (χ2v) is 8.50. The zero-order chi connectivity index (χ0) is 20.4. The van der Waals surface area contributed by atoms with E-state index in [0.717, 1.165) is 5.56 Å². The maximum absolute atomic E-state index is 13.0. The fourth-order valence-electron chi connectivity index (χ4n) is 3.31. The van der Waals surface area contributed by atoms with Gasteiger partial charge in [0.15, 0.2) is 0 Å². The average molecular weight is 411 g/mol. The molecule has 1 N–H and O–H groups in total. The van der Waals surface area contributed by atoms with Crippen molar-refractivity contribution in [3.05, 3.63) is 89.5 Å². The largest absolute Gasteiger partial charge is 0.308 e. The zero-order valence-corrected chi connectivity index (χ0v) is 16.2. The summed E-state index contributed by atoms with van der Waals surface area (Å²) < 4.78 is 40.6. The lowest BCUT2D eigenvalue weighted by Crippen LogP contribution is -2.29. The first-order valence-electron chi connectivity index (χ1n) is 9.01. The van der Waals surface area contributed by atoms with Crippen LogP contribution in [0, 0.1) is 5.82 Å². The fraction of sp³-hybridized carbons (Fsp3) is 0.143. The van der Waals surface area contributed by atoms with E-state index in [1.54, 1.807) is 35.4 Å². The minimum Gasteiger partial charge on any atom is -0.308 e. The Labute approximate surface area is 168 Å². The van der Waals surface area contributed by atoms with E-state index in [1.807, 2.05) is 6.07 Å². The molecule has 1 aromatic heterocycles. The van der Waals surface area contributed by atoms with Crippen LogP contribution in [0.4, 0.5) is 15.8 Å². The van der Waals surface area contributed by atoms with E-state index in [2.05, 4.69) is 9.71 Å². The van der Waals surface area contributed by atoms with Gasteiger partial charge in [-0.3, -0.25) is 14.5 Å². The van der Waals surface area contributed by atoms with Crippen LogP contribution in [0.3, 0.4) is 0 Å². The summed E-state index contributed by atoms with van der Waals surface area (Å²) in [5, 5.41) is 0. The molecule has 0 saturated carbocycles. The highest BCUT2D eigenvalue weighted by Gasteiger charge is 2.26. The van der Waals surface area contributed by atoms with Gasteiger partial charge in [-0.25, -0.2) is 12.8 Å². The third kappa shape index (κ3) is 4.27. The Hall–Kier alpha value is -3.26. The molecule has 0 spiro atoms. The highest BCUT2D eigenvalue weighted by molar-refractivity contribution is 7.91. The summed E-state index contributed by atoms with van der Waals surface area (Å²) in [4.78, 5) is 18.4. The predicted octanol–water partition coefficient (Wildman–Crippen LogP) is 3.37. The molecule has 0 radical (unpaired) electrons. The SMILES string of the molecule is O=C(c1cccnc1)N1CCc2ccc(NS(=O)(=O)Cc3ccc(F)cc3)cc21. The maximum Gasteiger partial charge on any atom is 0.259 e. The van der Waals surface area contributed by atoms with Gasteiger partial charge in [0.1, 0.15) is 5.82 Å². The summed E-state index contributed by atoms with van der Waals surface area (Å²) in [5.74, 6) is -0.873. The number of carbonyl (C=O) groups excluding carboxylic acids is 1. The van der Waals surface area contributed by atoms with Crippen LogP contribution in [-0.2, 0) is 22.2 Å². The number of carbonyl (C=O) groups is 1. The molecule has 0 unspecified atom stereocenters. The Bertz CT molecular complexity index is 1150. The van der Waals surface area contributed by atoms with Gasteiger partial charge in [-0.05, 0) is 53.9 Å². The first-order chi connectivity index (χ1) is 13.9. The molecular weight excluding hydrogens is 393 g/mol. The van der Waals surface area contributed by atoms with Gasteiger partial charge in [-0.1, -0.05) is 18.2 Å². The third-order valence-corrected chi connectivity index (χ3v) is 5.94. The van der Waals surface area contributed by atoms with Gasteiger partial charge in [-0.15, -0.1) is 0 Å². The molecule has 3 aromatic rings. The fourth-order valence-corrected chi connectivity index (χ4v) is 4.50. The van der Waals surface area contributed by atoms with Crippen LogP contribution < -0.4 is 9.62 Å². The summed E-state index contributed by atoms with van der Waals surface area (Å²) in [5.41, 5.74) is 2.98. The Morgan fingerprint density at radius 3 is 2.66 bits per heavy atom. The van der Waals surface area contributed by atoms with Crippen LogP contribution in [0.25, 0.3) is 0 Å². The maximum atomic E-state index is 13.0.